The quantitative estimate of drug-likeness (QED) is 0.312. The summed E-state index contributed by atoms with van der Waals surface area (Å²) in [6.45, 7) is 6.71. The van der Waals surface area contributed by atoms with E-state index in [1.165, 1.54) is 0 Å². The SMILES string of the molecule is CCN(CC)C(=O)c1ccc2c(c1)NC(=O)N(C1CCN(C(=O)C3CC3C(=O)c3cc(Br)c(N)c(Br)c3)CC1)C2. The Kier molecular flexibility index (Phi) is 8.24. The Hall–Kier alpha value is -2.92. The molecule has 9 nitrogen and oxygen atoms in total. The van der Waals surface area contributed by atoms with Crippen LogP contribution < -0.4 is 11.1 Å². The molecule has 1 aliphatic carbocycles. The second kappa shape index (κ2) is 11.5. The fourth-order valence-electron chi connectivity index (χ4n) is 5.73. The van der Waals surface area contributed by atoms with Crippen LogP contribution in [-0.4, -0.2) is 70.5 Å². The molecule has 40 heavy (non-hydrogen) atoms. The summed E-state index contributed by atoms with van der Waals surface area (Å²) in [6.07, 6.45) is 1.91. The number of hydrogen-bond donors (Lipinski definition) is 2. The molecule has 11 heteroatoms. The number of Topliss-reactive ketones (excluding diaryl/α,β-unsaturated/α-hetero) is 1. The van der Waals surface area contributed by atoms with E-state index in [0.29, 0.717) is 83.4 Å². The zero-order valence-electron chi connectivity index (χ0n) is 22.6. The number of nitrogens with zero attached hydrogens (tertiary/aromatic N) is 3. The maximum absolute atomic E-state index is 13.2. The number of ketones is 1. The minimum Gasteiger partial charge on any atom is -0.397 e. The van der Waals surface area contributed by atoms with Crippen molar-refractivity contribution >= 4 is 66.9 Å². The fraction of sp³-hybridized carbons (Fsp3) is 0.448. The van der Waals surface area contributed by atoms with Gasteiger partial charge in [0.05, 0.1) is 5.69 Å². The summed E-state index contributed by atoms with van der Waals surface area (Å²) in [4.78, 5) is 57.4. The number of urea groups is 1. The van der Waals surface area contributed by atoms with E-state index in [0.717, 1.165) is 5.56 Å². The number of anilines is 2. The fourth-order valence-corrected chi connectivity index (χ4v) is 6.91. The topological polar surface area (TPSA) is 116 Å². The standard InChI is InChI=1S/C29H33Br2N5O4/c1-3-34(4-2)27(38)16-5-6-17-15-36(29(40)33-24(17)13-16)19-7-9-35(10-8-19)28(39)21-14-20(21)26(37)18-11-22(30)25(32)23(31)12-18/h5-6,11-13,19-21H,3-4,7-10,14-15,32H2,1-2H3,(H,33,40). The van der Waals surface area contributed by atoms with E-state index in [2.05, 4.69) is 37.2 Å². The average molecular weight is 675 g/mol. The minimum atomic E-state index is -0.310. The monoisotopic (exact) mass is 673 g/mol. The molecule has 1 saturated carbocycles. The number of amides is 4. The van der Waals surface area contributed by atoms with Crippen LogP contribution in [0.3, 0.4) is 0 Å². The molecule has 3 aliphatic rings. The number of halogens is 2. The van der Waals surface area contributed by atoms with Crippen LogP contribution in [0.5, 0.6) is 0 Å². The third kappa shape index (κ3) is 5.50. The number of likely N-dealkylation sites (tertiary alicyclic amines) is 1. The van der Waals surface area contributed by atoms with Crippen LogP contribution in [0, 0.1) is 11.8 Å². The Morgan fingerprint density at radius 1 is 1.00 bits per heavy atom. The van der Waals surface area contributed by atoms with E-state index in [4.69, 9.17) is 5.73 Å². The van der Waals surface area contributed by atoms with Crippen molar-refractivity contribution in [2.45, 2.75) is 45.7 Å². The summed E-state index contributed by atoms with van der Waals surface area (Å²) in [5, 5.41) is 2.97. The van der Waals surface area contributed by atoms with Crippen LogP contribution in [0.4, 0.5) is 16.2 Å². The zero-order valence-corrected chi connectivity index (χ0v) is 25.8. The number of nitrogens with one attached hydrogen (secondary N) is 1. The third-order valence-electron chi connectivity index (χ3n) is 8.28. The molecular formula is C29H33Br2N5O4. The van der Waals surface area contributed by atoms with Gasteiger partial charge in [-0.1, -0.05) is 6.07 Å². The molecule has 4 amide bonds. The van der Waals surface area contributed by atoms with E-state index >= 15 is 0 Å². The maximum atomic E-state index is 13.2. The van der Waals surface area contributed by atoms with Crippen molar-refractivity contribution in [3.63, 3.8) is 0 Å². The third-order valence-corrected chi connectivity index (χ3v) is 9.59. The average Bonchev–Trinajstić information content (AvgIpc) is 3.76. The highest BCUT2D eigenvalue weighted by Gasteiger charge is 2.50. The zero-order chi connectivity index (χ0) is 28.7. The molecule has 0 radical (unpaired) electrons. The van der Waals surface area contributed by atoms with Gasteiger partial charge in [0.15, 0.2) is 5.78 Å². The predicted octanol–water partition coefficient (Wildman–Crippen LogP) is 5.13. The number of nitrogens with two attached hydrogens (primary N) is 1. The molecule has 2 fully saturated rings. The van der Waals surface area contributed by atoms with Crippen LogP contribution in [0.25, 0.3) is 0 Å². The van der Waals surface area contributed by atoms with Gasteiger partial charge in [-0.25, -0.2) is 4.79 Å². The molecule has 1 saturated heterocycles. The molecule has 212 valence electrons. The summed E-state index contributed by atoms with van der Waals surface area (Å²) in [6, 6.07) is 8.75. The number of benzene rings is 2. The first-order valence-corrected chi connectivity index (χ1v) is 15.3. The highest BCUT2D eigenvalue weighted by atomic mass is 79.9. The van der Waals surface area contributed by atoms with Gasteiger partial charge in [0.2, 0.25) is 5.91 Å². The number of hydrogen-bond acceptors (Lipinski definition) is 5. The van der Waals surface area contributed by atoms with Gasteiger partial charge >= 0.3 is 6.03 Å². The molecule has 0 bridgehead atoms. The van der Waals surface area contributed by atoms with Crippen molar-refractivity contribution in [3.05, 3.63) is 56.0 Å². The highest BCUT2D eigenvalue weighted by Crippen LogP contribution is 2.44. The molecule has 0 spiro atoms. The summed E-state index contributed by atoms with van der Waals surface area (Å²) in [7, 11) is 0. The second-order valence-electron chi connectivity index (χ2n) is 10.6. The number of piperidine rings is 1. The van der Waals surface area contributed by atoms with Crippen LogP contribution in [0.1, 0.15) is 59.4 Å². The van der Waals surface area contributed by atoms with Crippen molar-refractivity contribution in [1.29, 1.82) is 0 Å². The van der Waals surface area contributed by atoms with Gasteiger partial charge in [-0.3, -0.25) is 14.4 Å². The Morgan fingerprint density at radius 2 is 1.65 bits per heavy atom. The summed E-state index contributed by atoms with van der Waals surface area (Å²) in [5.41, 5.74) is 9.22. The van der Waals surface area contributed by atoms with Gasteiger partial charge < -0.3 is 25.8 Å². The molecule has 0 aromatic heterocycles. The molecule has 2 unspecified atom stereocenters. The smallest absolute Gasteiger partial charge is 0.322 e. The minimum absolute atomic E-state index is 0.00953. The number of nitrogen functional groups attached to an aromatic ring is 1. The van der Waals surface area contributed by atoms with Crippen LogP contribution in [0.15, 0.2) is 39.3 Å². The van der Waals surface area contributed by atoms with Crippen LogP contribution in [-0.2, 0) is 11.3 Å². The largest absolute Gasteiger partial charge is 0.397 e. The van der Waals surface area contributed by atoms with Crippen molar-refractivity contribution in [2.24, 2.45) is 11.8 Å². The first-order valence-electron chi connectivity index (χ1n) is 13.7. The first kappa shape index (κ1) is 28.6. The Balaban J connectivity index is 1.17. The Labute approximate surface area is 250 Å². The molecule has 3 N–H and O–H groups in total. The molecule has 2 aromatic carbocycles. The predicted molar refractivity (Wildman–Crippen MR) is 160 cm³/mol. The van der Waals surface area contributed by atoms with Crippen molar-refractivity contribution in [2.75, 3.05) is 37.2 Å². The number of rotatable bonds is 7. The molecule has 2 atom stereocenters. The first-order chi connectivity index (χ1) is 19.1. The van der Waals surface area contributed by atoms with E-state index in [-0.39, 0.29) is 41.5 Å². The van der Waals surface area contributed by atoms with Gasteiger partial charge in [-0.05, 0) is 94.8 Å². The van der Waals surface area contributed by atoms with Gasteiger partial charge in [0, 0.05) is 76.4 Å². The van der Waals surface area contributed by atoms with E-state index in [1.807, 2.05) is 35.8 Å². The lowest BCUT2D eigenvalue weighted by molar-refractivity contribution is -0.134. The van der Waals surface area contributed by atoms with Gasteiger partial charge in [-0.15, -0.1) is 0 Å². The van der Waals surface area contributed by atoms with Gasteiger partial charge in [0.1, 0.15) is 0 Å². The second-order valence-corrected chi connectivity index (χ2v) is 12.3. The number of carbonyl (C=O) groups excluding carboxylic acids is 4. The van der Waals surface area contributed by atoms with Crippen molar-refractivity contribution in [1.82, 2.24) is 14.7 Å². The summed E-state index contributed by atoms with van der Waals surface area (Å²) < 4.78 is 1.29. The maximum Gasteiger partial charge on any atom is 0.322 e. The highest BCUT2D eigenvalue weighted by molar-refractivity contribution is 9.11. The molecule has 2 heterocycles. The molecule has 2 aromatic rings. The van der Waals surface area contributed by atoms with Gasteiger partial charge in [0.25, 0.3) is 5.91 Å². The summed E-state index contributed by atoms with van der Waals surface area (Å²) in [5.74, 6) is -0.673. The van der Waals surface area contributed by atoms with Crippen molar-refractivity contribution in [3.8, 4) is 0 Å². The lowest BCUT2D eigenvalue weighted by Crippen LogP contribution is -2.51. The number of carbonyl (C=O) groups is 4. The van der Waals surface area contributed by atoms with Crippen LogP contribution in [0.2, 0.25) is 0 Å². The molecule has 2 aliphatic heterocycles. The van der Waals surface area contributed by atoms with E-state index in [1.54, 1.807) is 23.1 Å². The normalized spacial score (nSPS) is 20.6. The number of fused-ring (bicyclic) bond motifs is 1. The van der Waals surface area contributed by atoms with Crippen molar-refractivity contribution < 1.29 is 19.2 Å². The van der Waals surface area contributed by atoms with E-state index in [9.17, 15) is 19.2 Å². The summed E-state index contributed by atoms with van der Waals surface area (Å²) >= 11 is 6.76. The molecular weight excluding hydrogens is 642 g/mol. The van der Waals surface area contributed by atoms with Crippen LogP contribution >= 0.6 is 31.9 Å². The lowest BCUT2D eigenvalue weighted by Gasteiger charge is -2.40. The Bertz CT molecular complexity index is 1350. The van der Waals surface area contributed by atoms with Gasteiger partial charge in [-0.2, -0.15) is 0 Å². The lowest BCUT2D eigenvalue weighted by atomic mass is 9.99. The van der Waals surface area contributed by atoms with E-state index < -0.39 is 0 Å². The Morgan fingerprint density at radius 3 is 2.27 bits per heavy atom. The molecule has 5 rings (SSSR count).